The lowest BCUT2D eigenvalue weighted by Crippen LogP contribution is -2.21. The van der Waals surface area contributed by atoms with E-state index in [4.69, 9.17) is 0 Å². The van der Waals surface area contributed by atoms with Gasteiger partial charge in [-0.05, 0) is 41.2 Å². The first-order valence-electron chi connectivity index (χ1n) is 9.53. The molecule has 4 rings (SSSR count). The fraction of sp³-hybridized carbons (Fsp3) is 0.261. The molecule has 2 heterocycles. The molecule has 0 atom stereocenters. The van der Waals surface area contributed by atoms with Gasteiger partial charge in [0, 0.05) is 24.1 Å². The molecule has 0 bridgehead atoms. The Kier molecular flexibility index (Phi) is 4.59. The van der Waals surface area contributed by atoms with Gasteiger partial charge in [-0.15, -0.1) is 0 Å². The zero-order valence-corrected chi connectivity index (χ0v) is 16.4. The summed E-state index contributed by atoms with van der Waals surface area (Å²) in [6.45, 7) is 7.21. The van der Waals surface area contributed by atoms with E-state index in [9.17, 15) is 4.79 Å². The molecular weight excluding hydrogens is 348 g/mol. The van der Waals surface area contributed by atoms with Crippen molar-refractivity contribution in [3.8, 4) is 0 Å². The molecule has 1 aliphatic heterocycles. The van der Waals surface area contributed by atoms with E-state index in [0.717, 1.165) is 29.9 Å². The zero-order valence-electron chi connectivity index (χ0n) is 16.4. The minimum absolute atomic E-state index is 0.0695. The van der Waals surface area contributed by atoms with Crippen LogP contribution in [0.5, 0.6) is 0 Å². The van der Waals surface area contributed by atoms with Gasteiger partial charge < -0.3 is 10.2 Å². The summed E-state index contributed by atoms with van der Waals surface area (Å²) in [5.41, 5.74) is 4.58. The maximum Gasteiger partial charge on any atom is 0.274 e. The number of carbonyl (C=O) groups is 1. The van der Waals surface area contributed by atoms with Gasteiger partial charge in [0.2, 0.25) is 5.95 Å². The standard InChI is InChI=1S/C23H24N4O/c1-23(2,3)17-9-5-6-10-18(17)25-21(28)19-12-14-24-22(26-19)27-15-13-16-8-4-7-11-20(16)27/h4-12,14H,13,15H2,1-3H3,(H,25,28). The highest BCUT2D eigenvalue weighted by atomic mass is 16.1. The normalized spacial score (nSPS) is 13.3. The number of anilines is 3. The summed E-state index contributed by atoms with van der Waals surface area (Å²) in [5.74, 6) is 0.328. The van der Waals surface area contributed by atoms with Crippen molar-refractivity contribution in [2.75, 3.05) is 16.8 Å². The first-order chi connectivity index (χ1) is 13.4. The molecule has 3 aromatic rings. The summed E-state index contributed by atoms with van der Waals surface area (Å²) in [6.07, 6.45) is 2.60. The van der Waals surface area contributed by atoms with E-state index in [1.807, 2.05) is 36.4 Å². The second-order valence-electron chi connectivity index (χ2n) is 8.02. The predicted molar refractivity (Wildman–Crippen MR) is 112 cm³/mol. The van der Waals surface area contributed by atoms with Crippen molar-refractivity contribution < 1.29 is 4.79 Å². The second kappa shape index (κ2) is 7.08. The second-order valence-corrected chi connectivity index (χ2v) is 8.02. The van der Waals surface area contributed by atoms with E-state index in [0.29, 0.717) is 11.6 Å². The van der Waals surface area contributed by atoms with Crippen LogP contribution in [0.15, 0.2) is 60.8 Å². The van der Waals surface area contributed by atoms with Crippen molar-refractivity contribution >= 4 is 23.2 Å². The molecule has 142 valence electrons. The molecular formula is C23H24N4O. The van der Waals surface area contributed by atoms with Crippen LogP contribution in [0.25, 0.3) is 0 Å². The number of nitrogens with one attached hydrogen (secondary N) is 1. The molecule has 2 aromatic carbocycles. The Bertz CT molecular complexity index is 1020. The lowest BCUT2D eigenvalue weighted by atomic mass is 9.86. The SMILES string of the molecule is CC(C)(C)c1ccccc1NC(=O)c1ccnc(N2CCc3ccccc32)n1. The molecule has 0 fully saturated rings. The number of hydrogen-bond acceptors (Lipinski definition) is 4. The van der Waals surface area contributed by atoms with Gasteiger partial charge in [-0.1, -0.05) is 57.2 Å². The Morgan fingerprint density at radius 3 is 2.61 bits per heavy atom. The monoisotopic (exact) mass is 372 g/mol. The van der Waals surface area contributed by atoms with E-state index in [1.54, 1.807) is 12.3 Å². The highest BCUT2D eigenvalue weighted by Crippen LogP contribution is 2.32. The van der Waals surface area contributed by atoms with E-state index >= 15 is 0 Å². The van der Waals surface area contributed by atoms with Gasteiger partial charge in [0.15, 0.2) is 0 Å². The molecule has 1 aromatic heterocycles. The van der Waals surface area contributed by atoms with E-state index in [1.165, 1.54) is 5.56 Å². The van der Waals surface area contributed by atoms with Gasteiger partial charge in [0.05, 0.1) is 0 Å². The van der Waals surface area contributed by atoms with Crippen LogP contribution in [0.4, 0.5) is 17.3 Å². The van der Waals surface area contributed by atoms with Crippen LogP contribution in [-0.2, 0) is 11.8 Å². The molecule has 0 radical (unpaired) electrons. The van der Waals surface area contributed by atoms with Crippen molar-refractivity contribution in [2.24, 2.45) is 0 Å². The average molecular weight is 372 g/mol. The number of aromatic nitrogens is 2. The molecule has 0 saturated heterocycles. The molecule has 0 unspecified atom stereocenters. The topological polar surface area (TPSA) is 58.1 Å². The quantitative estimate of drug-likeness (QED) is 0.723. The van der Waals surface area contributed by atoms with Crippen LogP contribution >= 0.6 is 0 Å². The van der Waals surface area contributed by atoms with E-state index in [-0.39, 0.29) is 11.3 Å². The molecule has 0 aliphatic carbocycles. The Morgan fingerprint density at radius 1 is 1.04 bits per heavy atom. The van der Waals surface area contributed by atoms with Crippen LogP contribution in [0, 0.1) is 0 Å². The number of carbonyl (C=O) groups excluding carboxylic acids is 1. The highest BCUT2D eigenvalue weighted by molar-refractivity contribution is 6.03. The summed E-state index contributed by atoms with van der Waals surface area (Å²) < 4.78 is 0. The summed E-state index contributed by atoms with van der Waals surface area (Å²) >= 11 is 0. The first-order valence-corrected chi connectivity index (χ1v) is 9.53. The van der Waals surface area contributed by atoms with Crippen molar-refractivity contribution in [1.29, 1.82) is 0 Å². The minimum atomic E-state index is -0.229. The Hall–Kier alpha value is -3.21. The lowest BCUT2D eigenvalue weighted by Gasteiger charge is -2.23. The van der Waals surface area contributed by atoms with Crippen LogP contribution in [0.1, 0.15) is 42.4 Å². The fourth-order valence-corrected chi connectivity index (χ4v) is 3.58. The Labute approximate surface area is 165 Å². The van der Waals surface area contributed by atoms with Crippen LogP contribution in [-0.4, -0.2) is 22.4 Å². The van der Waals surface area contributed by atoms with Crippen molar-refractivity contribution in [3.05, 3.63) is 77.6 Å². The summed E-state index contributed by atoms with van der Waals surface area (Å²) in [5, 5.41) is 3.02. The third-order valence-electron chi connectivity index (χ3n) is 4.99. The molecule has 5 nitrogen and oxygen atoms in total. The predicted octanol–water partition coefficient (Wildman–Crippen LogP) is 4.72. The lowest BCUT2D eigenvalue weighted by molar-refractivity contribution is 0.102. The molecule has 1 amide bonds. The maximum absolute atomic E-state index is 12.9. The molecule has 1 aliphatic rings. The van der Waals surface area contributed by atoms with E-state index < -0.39 is 0 Å². The van der Waals surface area contributed by atoms with Gasteiger partial charge in [0.1, 0.15) is 5.69 Å². The Morgan fingerprint density at radius 2 is 1.79 bits per heavy atom. The summed E-state index contributed by atoms with van der Waals surface area (Å²) in [7, 11) is 0. The number of rotatable bonds is 3. The average Bonchev–Trinajstić information content (AvgIpc) is 3.12. The molecule has 0 spiro atoms. The van der Waals surface area contributed by atoms with Crippen LogP contribution < -0.4 is 10.2 Å². The van der Waals surface area contributed by atoms with Crippen LogP contribution in [0.3, 0.4) is 0 Å². The van der Waals surface area contributed by atoms with E-state index in [2.05, 4.69) is 53.1 Å². The Balaban J connectivity index is 1.60. The zero-order chi connectivity index (χ0) is 19.7. The van der Waals surface area contributed by atoms with Gasteiger partial charge >= 0.3 is 0 Å². The molecule has 1 N–H and O–H groups in total. The van der Waals surface area contributed by atoms with Gasteiger partial charge in [-0.25, -0.2) is 9.97 Å². The maximum atomic E-state index is 12.9. The van der Waals surface area contributed by atoms with Crippen LogP contribution in [0.2, 0.25) is 0 Å². The summed E-state index contributed by atoms with van der Waals surface area (Å²) in [6, 6.07) is 17.8. The number of fused-ring (bicyclic) bond motifs is 1. The third-order valence-corrected chi connectivity index (χ3v) is 4.99. The highest BCUT2D eigenvalue weighted by Gasteiger charge is 2.23. The molecule has 28 heavy (non-hydrogen) atoms. The smallest absolute Gasteiger partial charge is 0.274 e. The van der Waals surface area contributed by atoms with Gasteiger partial charge in [-0.2, -0.15) is 0 Å². The number of amides is 1. The van der Waals surface area contributed by atoms with Crippen molar-refractivity contribution in [3.63, 3.8) is 0 Å². The molecule has 0 saturated carbocycles. The number of hydrogen-bond donors (Lipinski definition) is 1. The van der Waals surface area contributed by atoms with Gasteiger partial charge in [0.25, 0.3) is 5.91 Å². The number of benzene rings is 2. The van der Waals surface area contributed by atoms with Crippen molar-refractivity contribution in [1.82, 2.24) is 9.97 Å². The van der Waals surface area contributed by atoms with Gasteiger partial charge in [-0.3, -0.25) is 4.79 Å². The third kappa shape index (κ3) is 3.48. The minimum Gasteiger partial charge on any atom is -0.320 e. The first kappa shape index (κ1) is 18.2. The fourth-order valence-electron chi connectivity index (χ4n) is 3.58. The number of para-hydroxylation sites is 2. The largest absolute Gasteiger partial charge is 0.320 e. The molecule has 5 heteroatoms. The van der Waals surface area contributed by atoms with Crippen molar-refractivity contribution in [2.45, 2.75) is 32.6 Å². The number of nitrogens with zero attached hydrogens (tertiary/aromatic N) is 3. The summed E-state index contributed by atoms with van der Waals surface area (Å²) in [4.78, 5) is 23.9.